The third-order valence-corrected chi connectivity index (χ3v) is 3.41. The Balaban J connectivity index is 2.69. The summed E-state index contributed by atoms with van der Waals surface area (Å²) in [6.45, 7) is 8.48. The molecule has 0 atom stereocenters. The zero-order valence-corrected chi connectivity index (χ0v) is 11.8. The molecule has 0 amide bonds. The molecule has 2 rings (SSSR count). The smallest absolute Gasteiger partial charge is 0.131 e. The molecule has 0 fully saturated rings. The molecule has 2 aromatic rings. The monoisotopic (exact) mass is 243 g/mol. The van der Waals surface area contributed by atoms with Gasteiger partial charge in [-0.05, 0) is 25.0 Å². The Morgan fingerprint density at radius 2 is 1.72 bits per heavy atom. The topological polar surface area (TPSA) is 43.8 Å². The van der Waals surface area contributed by atoms with E-state index in [1.54, 1.807) is 0 Å². The SMILES string of the molecule is Cc1cccc(C)c1-c1nc(C(C)C)n(C)c1N. The van der Waals surface area contributed by atoms with Crippen LogP contribution in [-0.4, -0.2) is 9.55 Å². The van der Waals surface area contributed by atoms with E-state index in [4.69, 9.17) is 10.7 Å². The summed E-state index contributed by atoms with van der Waals surface area (Å²) in [5, 5.41) is 0. The summed E-state index contributed by atoms with van der Waals surface area (Å²) in [4.78, 5) is 4.74. The van der Waals surface area contributed by atoms with Crippen molar-refractivity contribution in [3.05, 3.63) is 35.2 Å². The van der Waals surface area contributed by atoms with Crippen LogP contribution in [-0.2, 0) is 7.05 Å². The van der Waals surface area contributed by atoms with Crippen LogP contribution < -0.4 is 5.73 Å². The van der Waals surface area contributed by atoms with Crippen molar-refractivity contribution in [2.75, 3.05) is 5.73 Å². The maximum absolute atomic E-state index is 6.21. The van der Waals surface area contributed by atoms with Crippen molar-refractivity contribution in [1.82, 2.24) is 9.55 Å². The average Bonchev–Trinajstić information content (AvgIpc) is 2.57. The Morgan fingerprint density at radius 3 is 2.17 bits per heavy atom. The third-order valence-electron chi connectivity index (χ3n) is 3.41. The van der Waals surface area contributed by atoms with E-state index < -0.39 is 0 Å². The molecule has 0 radical (unpaired) electrons. The summed E-state index contributed by atoms with van der Waals surface area (Å²) in [5.41, 5.74) is 10.7. The molecule has 0 aliphatic rings. The summed E-state index contributed by atoms with van der Waals surface area (Å²) in [6, 6.07) is 6.27. The van der Waals surface area contributed by atoms with Crippen LogP contribution in [0.4, 0.5) is 5.82 Å². The van der Waals surface area contributed by atoms with E-state index in [-0.39, 0.29) is 0 Å². The van der Waals surface area contributed by atoms with Gasteiger partial charge in [-0.2, -0.15) is 0 Å². The summed E-state index contributed by atoms with van der Waals surface area (Å²) in [5.74, 6) is 2.15. The molecule has 0 saturated heterocycles. The van der Waals surface area contributed by atoms with Gasteiger partial charge in [-0.1, -0.05) is 32.0 Å². The Bertz CT molecular complexity index is 559. The number of nitrogens with two attached hydrogens (primary N) is 1. The molecule has 0 bridgehead atoms. The summed E-state index contributed by atoms with van der Waals surface area (Å²) >= 11 is 0. The number of aromatic nitrogens is 2. The number of benzene rings is 1. The van der Waals surface area contributed by atoms with Gasteiger partial charge in [0.15, 0.2) is 0 Å². The van der Waals surface area contributed by atoms with Crippen molar-refractivity contribution in [3.63, 3.8) is 0 Å². The number of nitrogens with zero attached hydrogens (tertiary/aromatic N) is 2. The first kappa shape index (κ1) is 12.7. The molecule has 1 aromatic carbocycles. The molecule has 3 nitrogen and oxygen atoms in total. The average molecular weight is 243 g/mol. The molecule has 1 aromatic heterocycles. The molecule has 18 heavy (non-hydrogen) atoms. The zero-order chi connectivity index (χ0) is 13.4. The lowest BCUT2D eigenvalue weighted by Crippen LogP contribution is -2.03. The highest BCUT2D eigenvalue weighted by molar-refractivity contribution is 5.76. The molecule has 0 saturated carbocycles. The molecule has 96 valence electrons. The van der Waals surface area contributed by atoms with Gasteiger partial charge in [-0.25, -0.2) is 4.98 Å². The van der Waals surface area contributed by atoms with Gasteiger partial charge in [0.2, 0.25) is 0 Å². The first-order chi connectivity index (χ1) is 8.43. The van der Waals surface area contributed by atoms with Gasteiger partial charge in [0, 0.05) is 18.5 Å². The lowest BCUT2D eigenvalue weighted by Gasteiger charge is -2.08. The summed E-state index contributed by atoms with van der Waals surface area (Å²) in [7, 11) is 1.98. The van der Waals surface area contributed by atoms with Crippen LogP contribution in [0.25, 0.3) is 11.3 Å². The molecule has 0 aliphatic carbocycles. The van der Waals surface area contributed by atoms with Crippen LogP contribution in [0.2, 0.25) is 0 Å². The molecular formula is C15H21N3. The minimum atomic E-state index is 0.371. The van der Waals surface area contributed by atoms with E-state index in [0.29, 0.717) is 5.92 Å². The Morgan fingerprint density at radius 1 is 1.17 bits per heavy atom. The van der Waals surface area contributed by atoms with Gasteiger partial charge in [0.05, 0.1) is 0 Å². The lowest BCUT2D eigenvalue weighted by molar-refractivity contribution is 0.715. The molecular weight excluding hydrogens is 222 g/mol. The third kappa shape index (κ3) is 1.90. The molecule has 0 spiro atoms. The Labute approximate surface area is 109 Å². The minimum absolute atomic E-state index is 0.371. The fourth-order valence-corrected chi connectivity index (χ4v) is 2.42. The van der Waals surface area contributed by atoms with Gasteiger partial charge in [-0.3, -0.25) is 0 Å². The molecule has 0 aliphatic heterocycles. The molecule has 0 unspecified atom stereocenters. The predicted molar refractivity (Wildman–Crippen MR) is 76.6 cm³/mol. The van der Waals surface area contributed by atoms with Crippen molar-refractivity contribution < 1.29 is 0 Å². The number of hydrogen-bond acceptors (Lipinski definition) is 2. The highest BCUT2D eigenvalue weighted by atomic mass is 15.1. The van der Waals surface area contributed by atoms with E-state index in [0.717, 1.165) is 22.9 Å². The highest BCUT2D eigenvalue weighted by Crippen LogP contribution is 2.32. The maximum atomic E-state index is 6.21. The fraction of sp³-hybridized carbons (Fsp3) is 0.400. The van der Waals surface area contributed by atoms with Crippen LogP contribution in [0.1, 0.15) is 36.7 Å². The largest absolute Gasteiger partial charge is 0.383 e. The predicted octanol–water partition coefficient (Wildman–Crippen LogP) is 3.41. The fourth-order valence-electron chi connectivity index (χ4n) is 2.42. The van der Waals surface area contributed by atoms with Crippen LogP contribution >= 0.6 is 0 Å². The number of nitrogen functional groups attached to an aromatic ring is 1. The van der Waals surface area contributed by atoms with Crippen LogP contribution in [0.5, 0.6) is 0 Å². The number of anilines is 1. The Kier molecular flexibility index (Phi) is 3.16. The van der Waals surface area contributed by atoms with E-state index >= 15 is 0 Å². The summed E-state index contributed by atoms with van der Waals surface area (Å²) < 4.78 is 1.99. The van der Waals surface area contributed by atoms with Gasteiger partial charge < -0.3 is 10.3 Å². The van der Waals surface area contributed by atoms with E-state index in [1.807, 2.05) is 11.6 Å². The van der Waals surface area contributed by atoms with Crippen molar-refractivity contribution in [3.8, 4) is 11.3 Å². The Hall–Kier alpha value is -1.77. The van der Waals surface area contributed by atoms with Crippen LogP contribution in [0.3, 0.4) is 0 Å². The number of hydrogen-bond donors (Lipinski definition) is 1. The van der Waals surface area contributed by atoms with E-state index in [1.165, 1.54) is 11.1 Å². The van der Waals surface area contributed by atoms with Gasteiger partial charge >= 0.3 is 0 Å². The van der Waals surface area contributed by atoms with Gasteiger partial charge in [-0.15, -0.1) is 0 Å². The quantitative estimate of drug-likeness (QED) is 0.878. The van der Waals surface area contributed by atoms with Crippen molar-refractivity contribution in [1.29, 1.82) is 0 Å². The van der Waals surface area contributed by atoms with Gasteiger partial charge in [0.1, 0.15) is 17.3 Å². The second kappa shape index (κ2) is 4.48. The molecule has 1 heterocycles. The summed E-state index contributed by atoms with van der Waals surface area (Å²) in [6.07, 6.45) is 0. The van der Waals surface area contributed by atoms with Crippen LogP contribution in [0, 0.1) is 13.8 Å². The minimum Gasteiger partial charge on any atom is -0.383 e. The maximum Gasteiger partial charge on any atom is 0.131 e. The number of imidazole rings is 1. The van der Waals surface area contributed by atoms with E-state index in [2.05, 4.69) is 45.9 Å². The first-order valence-electron chi connectivity index (χ1n) is 6.32. The van der Waals surface area contributed by atoms with Gasteiger partial charge in [0.25, 0.3) is 0 Å². The van der Waals surface area contributed by atoms with Crippen molar-refractivity contribution in [2.45, 2.75) is 33.6 Å². The van der Waals surface area contributed by atoms with Crippen molar-refractivity contribution in [2.24, 2.45) is 7.05 Å². The van der Waals surface area contributed by atoms with Crippen molar-refractivity contribution >= 4 is 5.82 Å². The molecule has 3 heteroatoms. The molecule has 2 N–H and O–H groups in total. The van der Waals surface area contributed by atoms with Crippen LogP contribution in [0.15, 0.2) is 18.2 Å². The van der Waals surface area contributed by atoms with E-state index in [9.17, 15) is 0 Å². The normalized spacial score (nSPS) is 11.2. The second-order valence-corrected chi connectivity index (χ2v) is 5.18. The standard InChI is InChI=1S/C15H21N3/c1-9(2)15-17-13(14(16)18(15)5)12-10(3)7-6-8-11(12)4/h6-9H,16H2,1-5H3. The number of rotatable bonds is 2. The zero-order valence-electron chi connectivity index (χ0n) is 11.8. The first-order valence-corrected chi connectivity index (χ1v) is 6.32. The highest BCUT2D eigenvalue weighted by Gasteiger charge is 2.18. The lowest BCUT2D eigenvalue weighted by atomic mass is 10.0. The second-order valence-electron chi connectivity index (χ2n) is 5.18. The number of aryl methyl sites for hydroxylation is 2.